The first-order valence-corrected chi connectivity index (χ1v) is 6.14. The maximum Gasteiger partial charge on any atom is 0.00940 e. The van der Waals surface area contributed by atoms with Gasteiger partial charge in [0.2, 0.25) is 0 Å². The Morgan fingerprint density at radius 3 is 2.86 bits per heavy atom. The van der Waals surface area contributed by atoms with Crippen LogP contribution in [0.5, 0.6) is 0 Å². The van der Waals surface area contributed by atoms with Crippen LogP contribution in [0.3, 0.4) is 0 Å². The highest BCUT2D eigenvalue weighted by Gasteiger charge is 2.42. The van der Waals surface area contributed by atoms with Gasteiger partial charge in [0.05, 0.1) is 0 Å². The average molecular weight is 190 g/mol. The Bertz CT molecular complexity index is 249. The third kappa shape index (κ3) is 1.67. The largest absolute Gasteiger partial charge is 0.0990 e. The van der Waals surface area contributed by atoms with Crippen molar-refractivity contribution < 1.29 is 0 Å². The summed E-state index contributed by atoms with van der Waals surface area (Å²) < 4.78 is 0. The fraction of sp³-hybridized carbons (Fsp3) is 0.714. The van der Waals surface area contributed by atoms with Gasteiger partial charge in [0, 0.05) is 5.41 Å². The average Bonchev–Trinajstić information content (AvgIpc) is 2.70. The highest BCUT2D eigenvalue weighted by atomic mass is 14.5. The summed E-state index contributed by atoms with van der Waals surface area (Å²) in [5.74, 6) is 0.841. The van der Waals surface area contributed by atoms with Crippen molar-refractivity contribution in [3.05, 3.63) is 24.3 Å². The van der Waals surface area contributed by atoms with Gasteiger partial charge in [-0.15, -0.1) is 0 Å². The number of rotatable bonds is 5. The Morgan fingerprint density at radius 1 is 1.43 bits per heavy atom. The number of hydrogen-bond acceptors (Lipinski definition) is 0. The van der Waals surface area contributed by atoms with Crippen LogP contribution in [0, 0.1) is 11.3 Å². The lowest BCUT2D eigenvalue weighted by Gasteiger charge is -2.25. The zero-order valence-corrected chi connectivity index (χ0v) is 9.39. The van der Waals surface area contributed by atoms with E-state index in [0.717, 1.165) is 5.92 Å². The van der Waals surface area contributed by atoms with Crippen molar-refractivity contribution in [2.75, 3.05) is 0 Å². The van der Waals surface area contributed by atoms with Gasteiger partial charge >= 0.3 is 0 Å². The van der Waals surface area contributed by atoms with E-state index in [1.54, 1.807) is 0 Å². The SMILES string of the molecule is C=C1CC2C=CC1(CCCCCC)C2. The van der Waals surface area contributed by atoms with E-state index in [0.29, 0.717) is 5.41 Å². The quantitative estimate of drug-likeness (QED) is 0.443. The van der Waals surface area contributed by atoms with Crippen molar-refractivity contribution in [2.24, 2.45) is 11.3 Å². The molecule has 0 saturated heterocycles. The Labute approximate surface area is 88.1 Å². The van der Waals surface area contributed by atoms with Crippen LogP contribution in [0.25, 0.3) is 0 Å². The van der Waals surface area contributed by atoms with Crippen LogP contribution >= 0.6 is 0 Å². The molecule has 78 valence electrons. The van der Waals surface area contributed by atoms with Gasteiger partial charge in [-0.25, -0.2) is 0 Å². The van der Waals surface area contributed by atoms with Gasteiger partial charge in [-0.3, -0.25) is 0 Å². The van der Waals surface area contributed by atoms with Gasteiger partial charge in [0.15, 0.2) is 0 Å². The normalized spacial score (nSPS) is 34.4. The molecule has 0 heterocycles. The molecule has 0 aliphatic heterocycles. The van der Waals surface area contributed by atoms with Crippen molar-refractivity contribution in [2.45, 2.75) is 51.9 Å². The number of unbranched alkanes of at least 4 members (excludes halogenated alkanes) is 3. The second-order valence-electron chi connectivity index (χ2n) is 5.10. The molecule has 0 N–H and O–H groups in total. The third-order valence-electron chi connectivity index (χ3n) is 4.00. The van der Waals surface area contributed by atoms with Crippen LogP contribution < -0.4 is 0 Å². The minimum atomic E-state index is 0.443. The van der Waals surface area contributed by atoms with Crippen molar-refractivity contribution in [3.8, 4) is 0 Å². The van der Waals surface area contributed by atoms with Crippen molar-refractivity contribution >= 4 is 0 Å². The molecule has 0 aromatic heterocycles. The minimum Gasteiger partial charge on any atom is -0.0990 e. The van der Waals surface area contributed by atoms with Crippen LogP contribution in [-0.2, 0) is 0 Å². The van der Waals surface area contributed by atoms with E-state index in [-0.39, 0.29) is 0 Å². The zero-order valence-electron chi connectivity index (χ0n) is 9.39. The molecule has 2 atom stereocenters. The predicted molar refractivity (Wildman–Crippen MR) is 62.2 cm³/mol. The fourth-order valence-electron chi connectivity index (χ4n) is 3.08. The highest BCUT2D eigenvalue weighted by molar-refractivity contribution is 5.32. The summed E-state index contributed by atoms with van der Waals surface area (Å²) in [5.41, 5.74) is 1.96. The molecule has 0 aromatic rings. The Hall–Kier alpha value is -0.520. The molecule has 0 heteroatoms. The van der Waals surface area contributed by atoms with Crippen LogP contribution in [0.4, 0.5) is 0 Å². The van der Waals surface area contributed by atoms with E-state index in [2.05, 4.69) is 25.7 Å². The van der Waals surface area contributed by atoms with Gasteiger partial charge in [-0.1, -0.05) is 56.9 Å². The molecule has 2 unspecified atom stereocenters. The molecule has 1 saturated carbocycles. The topological polar surface area (TPSA) is 0 Å². The molecular formula is C14H22. The van der Waals surface area contributed by atoms with Crippen molar-refractivity contribution in [3.63, 3.8) is 0 Å². The molecule has 2 aliphatic carbocycles. The molecular weight excluding hydrogens is 168 g/mol. The summed E-state index contributed by atoms with van der Waals surface area (Å²) in [5, 5.41) is 0. The number of fused-ring (bicyclic) bond motifs is 2. The maximum absolute atomic E-state index is 4.26. The third-order valence-corrected chi connectivity index (χ3v) is 4.00. The lowest BCUT2D eigenvalue weighted by atomic mass is 9.79. The molecule has 2 rings (SSSR count). The summed E-state index contributed by atoms with van der Waals surface area (Å²) in [6.07, 6.45) is 14.4. The molecule has 0 nitrogen and oxygen atoms in total. The van der Waals surface area contributed by atoms with E-state index in [4.69, 9.17) is 0 Å². The first-order chi connectivity index (χ1) is 6.77. The number of allylic oxidation sites excluding steroid dienone is 3. The smallest absolute Gasteiger partial charge is 0.00940 e. The maximum atomic E-state index is 4.26. The molecule has 0 radical (unpaired) electrons. The molecule has 14 heavy (non-hydrogen) atoms. The predicted octanol–water partition coefficient (Wildman–Crippen LogP) is 4.48. The Kier molecular flexibility index (Phi) is 2.80. The van der Waals surface area contributed by atoms with Gasteiger partial charge in [0.1, 0.15) is 0 Å². The lowest BCUT2D eigenvalue weighted by Crippen LogP contribution is -2.13. The van der Waals surface area contributed by atoms with E-state index in [9.17, 15) is 0 Å². The summed E-state index contributed by atoms with van der Waals surface area (Å²) in [4.78, 5) is 0. The fourth-order valence-corrected chi connectivity index (χ4v) is 3.08. The second-order valence-corrected chi connectivity index (χ2v) is 5.10. The van der Waals surface area contributed by atoms with E-state index < -0.39 is 0 Å². The van der Waals surface area contributed by atoms with Gasteiger partial charge in [-0.05, 0) is 25.2 Å². The van der Waals surface area contributed by atoms with Gasteiger partial charge in [0.25, 0.3) is 0 Å². The summed E-state index contributed by atoms with van der Waals surface area (Å²) in [6.45, 7) is 6.53. The monoisotopic (exact) mass is 190 g/mol. The van der Waals surface area contributed by atoms with E-state index in [1.165, 1.54) is 50.5 Å². The standard InChI is InChI=1S/C14H22/c1-3-4-5-6-8-14-9-7-13(11-14)10-12(14)2/h7,9,13H,2-6,8,10-11H2,1H3. The van der Waals surface area contributed by atoms with Crippen LogP contribution in [0.1, 0.15) is 51.9 Å². The van der Waals surface area contributed by atoms with Crippen molar-refractivity contribution in [1.82, 2.24) is 0 Å². The second kappa shape index (κ2) is 3.92. The minimum absolute atomic E-state index is 0.443. The molecule has 2 bridgehead atoms. The van der Waals surface area contributed by atoms with Gasteiger partial charge in [-0.2, -0.15) is 0 Å². The van der Waals surface area contributed by atoms with Crippen LogP contribution in [0.2, 0.25) is 0 Å². The summed E-state index contributed by atoms with van der Waals surface area (Å²) >= 11 is 0. The van der Waals surface area contributed by atoms with E-state index in [1.807, 2.05) is 0 Å². The van der Waals surface area contributed by atoms with Crippen molar-refractivity contribution in [1.29, 1.82) is 0 Å². The lowest BCUT2D eigenvalue weighted by molar-refractivity contribution is 0.412. The molecule has 1 fully saturated rings. The van der Waals surface area contributed by atoms with E-state index >= 15 is 0 Å². The molecule has 0 spiro atoms. The first-order valence-electron chi connectivity index (χ1n) is 6.14. The Morgan fingerprint density at radius 2 is 2.29 bits per heavy atom. The van der Waals surface area contributed by atoms with Crippen LogP contribution in [0.15, 0.2) is 24.3 Å². The first kappa shape index (κ1) is 10.0. The summed E-state index contributed by atoms with van der Waals surface area (Å²) in [7, 11) is 0. The summed E-state index contributed by atoms with van der Waals surface area (Å²) in [6, 6.07) is 0. The number of hydrogen-bond donors (Lipinski definition) is 0. The van der Waals surface area contributed by atoms with Crippen LogP contribution in [-0.4, -0.2) is 0 Å². The highest BCUT2D eigenvalue weighted by Crippen LogP contribution is 2.54. The zero-order chi connectivity index (χ0) is 10.0. The molecule has 0 amide bonds. The van der Waals surface area contributed by atoms with Gasteiger partial charge < -0.3 is 0 Å². The molecule has 2 aliphatic rings. The Balaban J connectivity index is 1.84. The molecule has 0 aromatic carbocycles.